The van der Waals surface area contributed by atoms with Gasteiger partial charge in [-0.2, -0.15) is 13.2 Å². The van der Waals surface area contributed by atoms with Crippen LogP contribution >= 0.6 is 8.73 Å². The Labute approximate surface area is 107 Å². The summed E-state index contributed by atoms with van der Waals surface area (Å²) in [6.45, 7) is 1.68. The summed E-state index contributed by atoms with van der Waals surface area (Å²) in [5.41, 5.74) is -0.953. The molecule has 2 aromatic rings. The average molecular weight is 288 g/mol. The van der Waals surface area contributed by atoms with Crippen molar-refractivity contribution in [3.63, 3.8) is 0 Å². The van der Waals surface area contributed by atoms with Crippen LogP contribution in [0.25, 0.3) is 11.3 Å². The largest absolute Gasteiger partial charge is 0.437 e. The maximum absolute atomic E-state index is 12.9. The summed E-state index contributed by atoms with van der Waals surface area (Å²) in [6.07, 6.45) is -2.85. The number of carbonyl (C=O) groups excluding carboxylic acids is 1. The van der Waals surface area contributed by atoms with Gasteiger partial charge >= 0.3 is 6.18 Å². The molecule has 0 aliphatic heterocycles. The van der Waals surface area contributed by atoms with Crippen molar-refractivity contribution in [3.8, 4) is 11.3 Å². The second kappa shape index (κ2) is 5.05. The van der Waals surface area contributed by atoms with Crippen molar-refractivity contribution in [2.75, 3.05) is 6.66 Å². The SMILES string of the molecule is CPn1nnc(C(F)(F)F)c1-c1ccnc(C=O)c1. The van der Waals surface area contributed by atoms with Gasteiger partial charge in [-0.15, -0.1) is 5.10 Å². The first-order valence-electron chi connectivity index (χ1n) is 5.09. The maximum Gasteiger partial charge on any atom is 0.437 e. The van der Waals surface area contributed by atoms with Crippen molar-refractivity contribution < 1.29 is 18.0 Å². The molecule has 2 aromatic heterocycles. The fourth-order valence-electron chi connectivity index (χ4n) is 1.55. The van der Waals surface area contributed by atoms with E-state index in [2.05, 4.69) is 15.3 Å². The first-order chi connectivity index (χ1) is 8.97. The van der Waals surface area contributed by atoms with Gasteiger partial charge in [-0.1, -0.05) is 5.21 Å². The van der Waals surface area contributed by atoms with Crippen LogP contribution in [-0.2, 0) is 6.18 Å². The van der Waals surface area contributed by atoms with Gasteiger partial charge in [0.1, 0.15) is 11.4 Å². The molecule has 0 saturated carbocycles. The van der Waals surface area contributed by atoms with E-state index >= 15 is 0 Å². The van der Waals surface area contributed by atoms with E-state index in [0.29, 0.717) is 6.29 Å². The summed E-state index contributed by atoms with van der Waals surface area (Å²) in [5, 5.41) is 6.66. The quantitative estimate of drug-likeness (QED) is 0.642. The van der Waals surface area contributed by atoms with Crippen molar-refractivity contribution >= 4 is 15.0 Å². The molecule has 0 aliphatic carbocycles. The average Bonchev–Trinajstić information content (AvgIpc) is 2.82. The third kappa shape index (κ3) is 2.63. The molecule has 0 aliphatic rings. The number of pyridine rings is 1. The normalized spacial score (nSPS) is 12.2. The molecule has 0 aromatic carbocycles. The third-order valence-electron chi connectivity index (χ3n) is 2.33. The second-order valence-corrected chi connectivity index (χ2v) is 4.38. The van der Waals surface area contributed by atoms with Gasteiger partial charge in [0.05, 0.1) is 0 Å². The Hall–Kier alpha value is -1.82. The van der Waals surface area contributed by atoms with E-state index in [-0.39, 0.29) is 25.7 Å². The zero-order chi connectivity index (χ0) is 14.0. The van der Waals surface area contributed by atoms with Crippen molar-refractivity contribution in [2.45, 2.75) is 6.18 Å². The molecule has 2 heterocycles. The highest BCUT2D eigenvalue weighted by Gasteiger charge is 2.39. The third-order valence-corrected chi connectivity index (χ3v) is 3.06. The van der Waals surface area contributed by atoms with Crippen LogP contribution in [-0.4, -0.2) is 32.7 Å². The number of carbonyl (C=O) groups is 1. The fourth-order valence-corrected chi connectivity index (χ4v) is 2.14. The molecule has 0 N–H and O–H groups in total. The van der Waals surface area contributed by atoms with E-state index < -0.39 is 11.9 Å². The summed E-state index contributed by atoms with van der Waals surface area (Å²) in [4.78, 5) is 14.4. The van der Waals surface area contributed by atoms with Gasteiger partial charge in [0.25, 0.3) is 0 Å². The highest BCUT2D eigenvalue weighted by atomic mass is 31.1. The fraction of sp³-hybridized carbons (Fsp3) is 0.200. The summed E-state index contributed by atoms with van der Waals surface area (Å²) in [7, 11) is -0.0139. The van der Waals surface area contributed by atoms with Crippen molar-refractivity contribution in [1.82, 2.24) is 19.7 Å². The minimum Gasteiger partial charge on any atom is -0.296 e. The van der Waals surface area contributed by atoms with Crippen LogP contribution in [0.4, 0.5) is 13.2 Å². The maximum atomic E-state index is 12.9. The summed E-state index contributed by atoms with van der Waals surface area (Å²) in [6, 6.07) is 2.66. The van der Waals surface area contributed by atoms with E-state index in [1.165, 1.54) is 18.3 Å². The molecule has 0 radical (unpaired) electrons. The topological polar surface area (TPSA) is 60.7 Å². The molecule has 1 atom stereocenters. The first kappa shape index (κ1) is 13.6. The Bertz CT molecular complexity index is 611. The van der Waals surface area contributed by atoms with Crippen LogP contribution in [0.15, 0.2) is 18.3 Å². The van der Waals surface area contributed by atoms with Crippen molar-refractivity contribution in [3.05, 3.63) is 29.7 Å². The Morgan fingerprint density at radius 2 is 2.16 bits per heavy atom. The van der Waals surface area contributed by atoms with E-state index in [1.807, 2.05) is 0 Å². The first-order valence-corrected chi connectivity index (χ1v) is 6.54. The van der Waals surface area contributed by atoms with Gasteiger partial charge in [0, 0.05) is 20.5 Å². The lowest BCUT2D eigenvalue weighted by Crippen LogP contribution is -2.08. The van der Waals surface area contributed by atoms with Crippen LogP contribution in [0.2, 0.25) is 0 Å². The molecule has 0 bridgehead atoms. The van der Waals surface area contributed by atoms with Crippen LogP contribution in [0, 0.1) is 0 Å². The van der Waals surface area contributed by atoms with Gasteiger partial charge < -0.3 is 0 Å². The van der Waals surface area contributed by atoms with Gasteiger partial charge in [-0.3, -0.25) is 9.78 Å². The molecule has 19 heavy (non-hydrogen) atoms. The smallest absolute Gasteiger partial charge is 0.296 e. The van der Waals surface area contributed by atoms with Crippen molar-refractivity contribution in [1.29, 1.82) is 0 Å². The van der Waals surface area contributed by atoms with Crippen LogP contribution in [0.5, 0.6) is 0 Å². The van der Waals surface area contributed by atoms with Crippen LogP contribution < -0.4 is 0 Å². The van der Waals surface area contributed by atoms with E-state index in [1.54, 1.807) is 6.66 Å². The molecular formula is C10H8F3N4OP. The number of halogens is 3. The molecule has 100 valence electrons. The Balaban J connectivity index is 2.65. The summed E-state index contributed by atoms with van der Waals surface area (Å²) < 4.78 is 39.8. The van der Waals surface area contributed by atoms with Crippen molar-refractivity contribution in [2.24, 2.45) is 0 Å². The monoisotopic (exact) mass is 288 g/mol. The molecule has 0 saturated heterocycles. The molecule has 1 unspecified atom stereocenters. The van der Waals surface area contributed by atoms with E-state index in [0.717, 1.165) is 4.45 Å². The Morgan fingerprint density at radius 3 is 2.74 bits per heavy atom. The van der Waals surface area contributed by atoms with Crippen LogP contribution in [0.1, 0.15) is 16.2 Å². The number of alkyl halides is 3. The zero-order valence-corrected chi connectivity index (χ0v) is 10.6. The second-order valence-electron chi connectivity index (χ2n) is 3.51. The number of aromatic nitrogens is 4. The Morgan fingerprint density at radius 1 is 1.42 bits per heavy atom. The van der Waals surface area contributed by atoms with E-state index in [4.69, 9.17) is 0 Å². The molecular weight excluding hydrogens is 280 g/mol. The molecule has 2 rings (SSSR count). The standard InChI is InChI=1S/C10H8F3N4OP/c1-19-17-8(9(15-16-17)10(11,12)13)6-2-3-14-7(4-6)5-18/h2-5,19H,1H3. The van der Waals surface area contributed by atoms with Gasteiger partial charge in [-0.05, 0) is 18.8 Å². The predicted molar refractivity (Wildman–Crippen MR) is 63.3 cm³/mol. The number of rotatable bonds is 3. The minimum atomic E-state index is -4.60. The molecule has 5 nitrogen and oxygen atoms in total. The van der Waals surface area contributed by atoms with Crippen LogP contribution in [0.3, 0.4) is 0 Å². The predicted octanol–water partition coefficient (Wildman–Crippen LogP) is 2.24. The zero-order valence-electron chi connectivity index (χ0n) is 9.64. The highest BCUT2D eigenvalue weighted by Crippen LogP contribution is 2.37. The Kier molecular flexibility index (Phi) is 3.61. The lowest BCUT2D eigenvalue weighted by molar-refractivity contribution is -0.140. The summed E-state index contributed by atoms with van der Waals surface area (Å²) in [5.74, 6) is 0. The summed E-state index contributed by atoms with van der Waals surface area (Å²) >= 11 is 0. The number of hydrogen-bond donors (Lipinski definition) is 0. The molecule has 0 spiro atoms. The molecule has 0 fully saturated rings. The lowest BCUT2D eigenvalue weighted by Gasteiger charge is -2.08. The minimum absolute atomic E-state index is 0.0139. The molecule has 9 heteroatoms. The number of aldehydes is 1. The highest BCUT2D eigenvalue weighted by molar-refractivity contribution is 7.35. The number of hydrogen-bond acceptors (Lipinski definition) is 4. The van der Waals surface area contributed by atoms with E-state index in [9.17, 15) is 18.0 Å². The number of nitrogens with zero attached hydrogens (tertiary/aromatic N) is 4. The lowest BCUT2D eigenvalue weighted by atomic mass is 10.1. The van der Waals surface area contributed by atoms with Gasteiger partial charge in [0.2, 0.25) is 0 Å². The van der Waals surface area contributed by atoms with Gasteiger partial charge in [0.15, 0.2) is 12.0 Å². The van der Waals surface area contributed by atoms with Gasteiger partial charge in [-0.25, -0.2) is 4.45 Å². The molecule has 0 amide bonds.